The average molecular weight is 500 g/mol. The number of ether oxygens (including phenoxy) is 2. The Bertz CT molecular complexity index is 1400. The molecule has 0 spiro atoms. The lowest BCUT2D eigenvalue weighted by Gasteiger charge is -2.24. The highest BCUT2D eigenvalue weighted by Crippen LogP contribution is 2.37. The number of imidazole rings is 1. The molecule has 3 aromatic carbocycles. The van der Waals surface area contributed by atoms with E-state index in [4.69, 9.17) is 9.47 Å². The van der Waals surface area contributed by atoms with Gasteiger partial charge in [-0.25, -0.2) is 4.98 Å². The summed E-state index contributed by atoms with van der Waals surface area (Å²) in [6.07, 6.45) is 1.83. The lowest BCUT2D eigenvalue weighted by molar-refractivity contribution is -0.123. The summed E-state index contributed by atoms with van der Waals surface area (Å²) in [7, 11) is 3.14. The molecule has 5 rings (SSSR count). The number of aromatic amines is 1. The van der Waals surface area contributed by atoms with Gasteiger partial charge in [0.05, 0.1) is 30.9 Å². The normalized spacial score (nSPS) is 13.1. The molecule has 2 heterocycles. The molecule has 9 nitrogen and oxygen atoms in total. The second-order valence-electron chi connectivity index (χ2n) is 8.87. The van der Waals surface area contributed by atoms with Crippen LogP contribution in [0.25, 0.3) is 11.0 Å². The van der Waals surface area contributed by atoms with E-state index in [0.29, 0.717) is 42.5 Å². The van der Waals surface area contributed by atoms with Crippen LogP contribution in [-0.2, 0) is 22.6 Å². The molecule has 0 bridgehead atoms. The van der Waals surface area contributed by atoms with Crippen LogP contribution in [0.3, 0.4) is 0 Å². The Balaban J connectivity index is 1.22. The number of benzene rings is 3. The average Bonchev–Trinajstić information content (AvgIpc) is 3.26. The van der Waals surface area contributed by atoms with Crippen molar-refractivity contribution in [2.45, 2.75) is 25.8 Å². The summed E-state index contributed by atoms with van der Waals surface area (Å²) >= 11 is 0. The number of amides is 2. The highest BCUT2D eigenvalue weighted by molar-refractivity contribution is 6.00. The number of nitrogens with zero attached hydrogens (tertiary/aromatic N) is 2. The minimum Gasteiger partial charge on any atom is -0.493 e. The molecule has 3 N–H and O–H groups in total. The van der Waals surface area contributed by atoms with Crippen molar-refractivity contribution in [2.75, 3.05) is 31.0 Å². The predicted molar refractivity (Wildman–Crippen MR) is 143 cm³/mol. The molecule has 0 saturated carbocycles. The molecule has 0 radical (unpaired) electrons. The summed E-state index contributed by atoms with van der Waals surface area (Å²) in [5, 5.41) is 6.19. The van der Waals surface area contributed by atoms with Crippen LogP contribution in [0.15, 0.2) is 60.7 Å². The highest BCUT2D eigenvalue weighted by atomic mass is 16.5. The van der Waals surface area contributed by atoms with Gasteiger partial charge in [0, 0.05) is 24.7 Å². The number of rotatable bonds is 8. The van der Waals surface area contributed by atoms with E-state index in [2.05, 4.69) is 20.6 Å². The molecule has 0 fully saturated rings. The summed E-state index contributed by atoms with van der Waals surface area (Å²) in [6, 6.07) is 19.2. The number of carbonyl (C=O) groups excluding carboxylic acids is 2. The zero-order chi connectivity index (χ0) is 25.8. The van der Waals surface area contributed by atoms with Gasteiger partial charge in [-0.1, -0.05) is 24.3 Å². The molecular formula is C28H29N5O4. The number of fused-ring (bicyclic) bond motifs is 2. The fourth-order valence-electron chi connectivity index (χ4n) is 4.49. The Morgan fingerprint density at radius 3 is 2.54 bits per heavy atom. The Morgan fingerprint density at radius 1 is 1.03 bits per heavy atom. The number of aryl methyl sites for hydroxylation is 1. The lowest BCUT2D eigenvalue weighted by Crippen LogP contribution is -2.40. The van der Waals surface area contributed by atoms with Gasteiger partial charge in [0.2, 0.25) is 17.8 Å². The minimum atomic E-state index is -0.236. The molecule has 1 aromatic heterocycles. The van der Waals surface area contributed by atoms with Gasteiger partial charge in [0.1, 0.15) is 6.54 Å². The lowest BCUT2D eigenvalue weighted by atomic mass is 10.1. The van der Waals surface area contributed by atoms with Gasteiger partial charge < -0.3 is 30.0 Å². The van der Waals surface area contributed by atoms with Gasteiger partial charge in [-0.2, -0.15) is 0 Å². The second-order valence-corrected chi connectivity index (χ2v) is 8.87. The summed E-state index contributed by atoms with van der Waals surface area (Å²) in [5.74, 6) is 1.48. The highest BCUT2D eigenvalue weighted by Gasteiger charge is 2.26. The molecule has 0 aliphatic carbocycles. The fraction of sp³-hybridized carbons (Fsp3) is 0.250. The smallest absolute Gasteiger partial charge is 0.240 e. The SMILES string of the molecule is COc1cc2c(cc1OC)N(CC(=O)NCc1ccc(Nc3nc4ccccc4[nH]3)cc1)C(=O)CCC2. The van der Waals surface area contributed by atoms with E-state index >= 15 is 0 Å². The monoisotopic (exact) mass is 499 g/mol. The maximum absolute atomic E-state index is 12.8. The number of hydrogen-bond donors (Lipinski definition) is 3. The largest absolute Gasteiger partial charge is 0.493 e. The number of methoxy groups -OCH3 is 2. The van der Waals surface area contributed by atoms with Crippen LogP contribution in [0.1, 0.15) is 24.0 Å². The Morgan fingerprint density at radius 2 is 1.78 bits per heavy atom. The fourth-order valence-corrected chi connectivity index (χ4v) is 4.49. The standard InChI is InChI=1S/C28H29N5O4/c1-36-24-14-19-6-5-9-27(35)33(23(19)15-25(24)37-2)17-26(34)29-16-18-10-12-20(13-11-18)30-28-31-21-7-3-4-8-22(21)32-28/h3-4,7-8,10-15H,5-6,9,16-17H2,1-2H3,(H,29,34)(H2,30,31,32). The maximum atomic E-state index is 12.8. The topological polar surface area (TPSA) is 109 Å². The first-order chi connectivity index (χ1) is 18.0. The molecule has 1 aliphatic rings. The van der Waals surface area contributed by atoms with Crippen LogP contribution in [0.2, 0.25) is 0 Å². The third-order valence-electron chi connectivity index (χ3n) is 6.41. The van der Waals surface area contributed by atoms with Crippen LogP contribution in [0, 0.1) is 0 Å². The molecule has 0 saturated heterocycles. The third-order valence-corrected chi connectivity index (χ3v) is 6.41. The van der Waals surface area contributed by atoms with Crippen LogP contribution in [-0.4, -0.2) is 42.5 Å². The predicted octanol–water partition coefficient (Wildman–Crippen LogP) is 4.31. The van der Waals surface area contributed by atoms with Crippen molar-refractivity contribution in [1.29, 1.82) is 0 Å². The quantitative estimate of drug-likeness (QED) is 0.333. The number of hydrogen-bond acceptors (Lipinski definition) is 6. The van der Waals surface area contributed by atoms with Gasteiger partial charge in [0.15, 0.2) is 11.5 Å². The molecule has 0 atom stereocenters. The molecule has 2 amide bonds. The van der Waals surface area contributed by atoms with Crippen molar-refractivity contribution >= 4 is 40.2 Å². The van der Waals surface area contributed by atoms with Gasteiger partial charge in [-0.3, -0.25) is 9.59 Å². The van der Waals surface area contributed by atoms with Crippen molar-refractivity contribution in [3.63, 3.8) is 0 Å². The Kier molecular flexibility index (Phi) is 6.93. The second kappa shape index (κ2) is 10.6. The molecule has 9 heteroatoms. The van der Waals surface area contributed by atoms with E-state index in [9.17, 15) is 9.59 Å². The number of para-hydroxylation sites is 2. The first-order valence-electron chi connectivity index (χ1n) is 12.2. The molecule has 4 aromatic rings. The number of H-pyrrole nitrogens is 1. The van der Waals surface area contributed by atoms with Crippen molar-refractivity contribution < 1.29 is 19.1 Å². The molecule has 0 unspecified atom stereocenters. The molecule has 37 heavy (non-hydrogen) atoms. The van der Waals surface area contributed by atoms with E-state index < -0.39 is 0 Å². The van der Waals surface area contributed by atoms with Crippen molar-refractivity contribution in [1.82, 2.24) is 15.3 Å². The van der Waals surface area contributed by atoms with Gasteiger partial charge in [-0.05, 0) is 54.3 Å². The van der Waals surface area contributed by atoms with E-state index in [-0.39, 0.29) is 18.4 Å². The maximum Gasteiger partial charge on any atom is 0.240 e. The van der Waals surface area contributed by atoms with E-state index in [1.54, 1.807) is 25.2 Å². The Hall–Kier alpha value is -4.53. The Labute approximate surface area is 214 Å². The number of nitrogens with one attached hydrogen (secondary N) is 3. The molecular weight excluding hydrogens is 470 g/mol. The number of anilines is 3. The van der Waals surface area contributed by atoms with Crippen molar-refractivity contribution in [3.05, 3.63) is 71.8 Å². The van der Waals surface area contributed by atoms with Crippen LogP contribution in [0.5, 0.6) is 11.5 Å². The zero-order valence-corrected chi connectivity index (χ0v) is 20.8. The summed E-state index contributed by atoms with van der Waals surface area (Å²) in [6.45, 7) is 0.289. The van der Waals surface area contributed by atoms with Gasteiger partial charge in [0.25, 0.3) is 0 Å². The number of carbonyl (C=O) groups is 2. The first kappa shape index (κ1) is 24.2. The van der Waals surface area contributed by atoms with Crippen LogP contribution in [0.4, 0.5) is 17.3 Å². The van der Waals surface area contributed by atoms with Crippen LogP contribution >= 0.6 is 0 Å². The van der Waals surface area contributed by atoms with E-state index in [1.165, 1.54) is 0 Å². The van der Waals surface area contributed by atoms with Crippen molar-refractivity contribution in [2.24, 2.45) is 0 Å². The van der Waals surface area contributed by atoms with Gasteiger partial charge >= 0.3 is 0 Å². The third kappa shape index (κ3) is 5.35. The van der Waals surface area contributed by atoms with Crippen LogP contribution < -0.4 is 25.0 Å². The minimum absolute atomic E-state index is 0.0625. The summed E-state index contributed by atoms with van der Waals surface area (Å²) in [4.78, 5) is 35.0. The summed E-state index contributed by atoms with van der Waals surface area (Å²) < 4.78 is 10.8. The molecule has 190 valence electrons. The summed E-state index contributed by atoms with van der Waals surface area (Å²) in [5.41, 5.74) is 5.34. The van der Waals surface area contributed by atoms with Gasteiger partial charge in [-0.15, -0.1) is 0 Å². The first-order valence-corrected chi connectivity index (χ1v) is 12.2. The van der Waals surface area contributed by atoms with E-state index in [1.807, 2.05) is 54.6 Å². The molecule has 1 aliphatic heterocycles. The van der Waals surface area contributed by atoms with Crippen molar-refractivity contribution in [3.8, 4) is 11.5 Å². The van der Waals surface area contributed by atoms with E-state index in [0.717, 1.165) is 34.3 Å². The zero-order valence-electron chi connectivity index (χ0n) is 20.8. The number of aromatic nitrogens is 2.